The van der Waals surface area contributed by atoms with Crippen LogP contribution in [0.5, 0.6) is 5.75 Å². The van der Waals surface area contributed by atoms with Crippen LogP contribution in [-0.4, -0.2) is 55.1 Å². The minimum atomic E-state index is -0.147. The molecule has 0 aliphatic carbocycles. The number of nitrogens with zero attached hydrogens (tertiary/aromatic N) is 3. The molecule has 1 heterocycles. The highest BCUT2D eigenvalue weighted by molar-refractivity contribution is 6.06. The van der Waals surface area contributed by atoms with Gasteiger partial charge in [0.15, 0.2) is 0 Å². The Morgan fingerprint density at radius 1 is 1.08 bits per heavy atom. The second-order valence-corrected chi connectivity index (χ2v) is 5.78. The van der Waals surface area contributed by atoms with E-state index in [2.05, 4.69) is 15.3 Å². The normalized spacial score (nSPS) is 10.7. The molecular weight excluding hydrogens is 340 g/mol. The van der Waals surface area contributed by atoms with Crippen molar-refractivity contribution in [1.82, 2.24) is 20.2 Å². The first-order valence-electron chi connectivity index (χ1n) is 7.76. The molecule has 0 atom stereocenters. The van der Waals surface area contributed by atoms with Gasteiger partial charge in [0, 0.05) is 13.1 Å². The predicted molar refractivity (Wildman–Crippen MR) is 102 cm³/mol. The molecule has 3 aromatic rings. The molecule has 0 bridgehead atoms. The Labute approximate surface area is 152 Å². The van der Waals surface area contributed by atoms with Gasteiger partial charge in [0.25, 0.3) is 5.91 Å². The Hall–Kier alpha value is -2.44. The highest BCUT2D eigenvalue weighted by atomic mass is 35.5. The Morgan fingerprint density at radius 2 is 1.76 bits per heavy atom. The van der Waals surface area contributed by atoms with E-state index in [4.69, 9.17) is 4.74 Å². The molecule has 0 saturated carbocycles. The van der Waals surface area contributed by atoms with Gasteiger partial charge in [-0.1, -0.05) is 12.1 Å². The molecule has 3 rings (SSSR count). The SMILES string of the molecule is COc1cccc2nc3cccc(C(=O)NCCN(C)C)c3nc12.Cl. The molecule has 25 heavy (non-hydrogen) atoms. The van der Waals surface area contributed by atoms with E-state index in [1.54, 1.807) is 13.2 Å². The number of carbonyl (C=O) groups is 1. The molecule has 6 nitrogen and oxygen atoms in total. The number of likely N-dealkylation sites (N-methyl/N-ethyl adjacent to an activating group) is 1. The summed E-state index contributed by atoms with van der Waals surface area (Å²) in [6, 6.07) is 11.0. The number of fused-ring (bicyclic) bond motifs is 2. The number of para-hydroxylation sites is 2. The summed E-state index contributed by atoms with van der Waals surface area (Å²) < 4.78 is 5.36. The molecule has 1 aromatic heterocycles. The first kappa shape index (κ1) is 18.9. The second kappa shape index (κ2) is 8.09. The van der Waals surface area contributed by atoms with Crippen LogP contribution in [0.2, 0.25) is 0 Å². The largest absolute Gasteiger partial charge is 0.494 e. The summed E-state index contributed by atoms with van der Waals surface area (Å²) in [5.74, 6) is 0.496. The van der Waals surface area contributed by atoms with E-state index in [0.29, 0.717) is 34.4 Å². The average molecular weight is 361 g/mol. The maximum absolute atomic E-state index is 12.5. The summed E-state index contributed by atoms with van der Waals surface area (Å²) in [4.78, 5) is 23.8. The van der Waals surface area contributed by atoms with Crippen molar-refractivity contribution in [2.24, 2.45) is 0 Å². The fourth-order valence-corrected chi connectivity index (χ4v) is 2.53. The standard InChI is InChI=1S/C18H20N4O2.ClH/c1-22(2)11-10-19-18(23)12-6-4-7-13-16(12)21-17-14(20-13)8-5-9-15(17)24-3;/h4-9H,10-11H2,1-3H3,(H,19,23);1H. The molecule has 132 valence electrons. The number of rotatable bonds is 5. The zero-order valence-electron chi connectivity index (χ0n) is 14.4. The Balaban J connectivity index is 0.00000225. The van der Waals surface area contributed by atoms with Crippen LogP contribution in [0.4, 0.5) is 0 Å². The summed E-state index contributed by atoms with van der Waals surface area (Å²) in [5.41, 5.74) is 3.19. The van der Waals surface area contributed by atoms with Crippen molar-refractivity contribution in [2.45, 2.75) is 0 Å². The van der Waals surface area contributed by atoms with Crippen LogP contribution >= 0.6 is 12.4 Å². The van der Waals surface area contributed by atoms with Gasteiger partial charge in [-0.3, -0.25) is 4.79 Å². The quantitative estimate of drug-likeness (QED) is 0.708. The smallest absolute Gasteiger partial charge is 0.253 e. The van der Waals surface area contributed by atoms with Crippen molar-refractivity contribution < 1.29 is 9.53 Å². The van der Waals surface area contributed by atoms with Crippen LogP contribution in [0.1, 0.15) is 10.4 Å². The summed E-state index contributed by atoms with van der Waals surface area (Å²) in [5, 5.41) is 2.92. The van der Waals surface area contributed by atoms with E-state index < -0.39 is 0 Å². The highest BCUT2D eigenvalue weighted by Gasteiger charge is 2.14. The fourth-order valence-electron chi connectivity index (χ4n) is 2.53. The molecule has 0 radical (unpaired) electrons. The molecule has 0 aliphatic heterocycles. The van der Waals surface area contributed by atoms with E-state index in [9.17, 15) is 4.79 Å². The topological polar surface area (TPSA) is 67.3 Å². The first-order valence-corrected chi connectivity index (χ1v) is 7.76. The molecule has 0 aliphatic rings. The van der Waals surface area contributed by atoms with Gasteiger partial charge in [0.05, 0.1) is 23.7 Å². The van der Waals surface area contributed by atoms with Crippen molar-refractivity contribution in [2.75, 3.05) is 34.3 Å². The predicted octanol–water partition coefficient (Wildman–Crippen LogP) is 2.50. The van der Waals surface area contributed by atoms with Crippen LogP contribution in [0.3, 0.4) is 0 Å². The van der Waals surface area contributed by atoms with Crippen LogP contribution < -0.4 is 10.1 Å². The molecule has 2 aromatic carbocycles. The third kappa shape index (κ3) is 3.97. The highest BCUT2D eigenvalue weighted by Crippen LogP contribution is 2.25. The summed E-state index contributed by atoms with van der Waals surface area (Å²) in [6.45, 7) is 1.35. The van der Waals surface area contributed by atoms with E-state index >= 15 is 0 Å². The Bertz CT molecular complexity index is 899. The molecular formula is C18H21ClN4O2. The van der Waals surface area contributed by atoms with Gasteiger partial charge in [-0.25, -0.2) is 9.97 Å². The maximum Gasteiger partial charge on any atom is 0.253 e. The Kier molecular flexibility index (Phi) is 6.12. The van der Waals surface area contributed by atoms with E-state index in [1.807, 2.05) is 49.3 Å². The minimum Gasteiger partial charge on any atom is -0.494 e. The molecule has 7 heteroatoms. The number of hydrogen-bond donors (Lipinski definition) is 1. The number of halogens is 1. The molecule has 0 saturated heterocycles. The number of aromatic nitrogens is 2. The van der Waals surface area contributed by atoms with Gasteiger partial charge in [-0.2, -0.15) is 0 Å². The molecule has 1 amide bonds. The maximum atomic E-state index is 12.5. The molecule has 0 unspecified atom stereocenters. The van der Waals surface area contributed by atoms with Crippen LogP contribution in [-0.2, 0) is 0 Å². The second-order valence-electron chi connectivity index (χ2n) is 5.78. The lowest BCUT2D eigenvalue weighted by atomic mass is 10.1. The summed E-state index contributed by atoms with van der Waals surface area (Å²) in [6.07, 6.45) is 0. The van der Waals surface area contributed by atoms with Crippen LogP contribution in [0, 0.1) is 0 Å². The number of ether oxygens (including phenoxy) is 1. The van der Waals surface area contributed by atoms with Gasteiger partial charge in [-0.15, -0.1) is 12.4 Å². The lowest BCUT2D eigenvalue weighted by molar-refractivity contribution is 0.0952. The number of methoxy groups -OCH3 is 1. The van der Waals surface area contributed by atoms with Gasteiger partial charge >= 0.3 is 0 Å². The van der Waals surface area contributed by atoms with Gasteiger partial charge in [0.2, 0.25) is 0 Å². The van der Waals surface area contributed by atoms with Crippen LogP contribution in [0.15, 0.2) is 36.4 Å². The molecule has 0 spiro atoms. The fraction of sp³-hybridized carbons (Fsp3) is 0.278. The average Bonchev–Trinajstić information content (AvgIpc) is 2.58. The number of amides is 1. The zero-order chi connectivity index (χ0) is 17.1. The number of carbonyl (C=O) groups excluding carboxylic acids is 1. The molecule has 1 N–H and O–H groups in total. The van der Waals surface area contributed by atoms with E-state index in [0.717, 1.165) is 12.1 Å². The van der Waals surface area contributed by atoms with Gasteiger partial charge in [-0.05, 0) is 38.4 Å². The minimum absolute atomic E-state index is 0. The first-order chi connectivity index (χ1) is 11.6. The van der Waals surface area contributed by atoms with Crippen molar-refractivity contribution >= 4 is 40.4 Å². The number of nitrogens with one attached hydrogen (secondary N) is 1. The number of hydrogen-bond acceptors (Lipinski definition) is 5. The van der Waals surface area contributed by atoms with Crippen molar-refractivity contribution in [1.29, 1.82) is 0 Å². The lowest BCUT2D eigenvalue weighted by Gasteiger charge is -2.12. The van der Waals surface area contributed by atoms with E-state index in [1.165, 1.54) is 0 Å². The molecule has 0 fully saturated rings. The summed E-state index contributed by atoms with van der Waals surface area (Å²) in [7, 11) is 5.53. The number of benzene rings is 2. The van der Waals surface area contributed by atoms with Crippen molar-refractivity contribution in [3.05, 3.63) is 42.0 Å². The third-order valence-electron chi connectivity index (χ3n) is 3.77. The lowest BCUT2D eigenvalue weighted by Crippen LogP contribution is -2.31. The van der Waals surface area contributed by atoms with E-state index in [-0.39, 0.29) is 18.3 Å². The summed E-state index contributed by atoms with van der Waals surface area (Å²) >= 11 is 0. The van der Waals surface area contributed by atoms with Crippen molar-refractivity contribution in [3.8, 4) is 5.75 Å². The Morgan fingerprint density at radius 3 is 2.44 bits per heavy atom. The van der Waals surface area contributed by atoms with Gasteiger partial charge < -0.3 is 15.0 Å². The zero-order valence-corrected chi connectivity index (χ0v) is 15.3. The van der Waals surface area contributed by atoms with Crippen LogP contribution in [0.25, 0.3) is 22.1 Å². The third-order valence-corrected chi connectivity index (χ3v) is 3.77. The van der Waals surface area contributed by atoms with Crippen molar-refractivity contribution in [3.63, 3.8) is 0 Å². The van der Waals surface area contributed by atoms with Gasteiger partial charge in [0.1, 0.15) is 16.8 Å². The monoisotopic (exact) mass is 360 g/mol.